The molecule has 2 rings (SSSR count). The van der Waals surface area contributed by atoms with Gasteiger partial charge < -0.3 is 9.80 Å². The summed E-state index contributed by atoms with van der Waals surface area (Å²) in [7, 11) is 1.66. The third-order valence-electron chi connectivity index (χ3n) is 3.72. The summed E-state index contributed by atoms with van der Waals surface area (Å²) in [4.78, 5) is 26.9. The monoisotopic (exact) mass is 330 g/mol. The molecule has 1 fully saturated rings. The lowest BCUT2D eigenvalue weighted by atomic mass is 9.94. The number of nitrogens with zero attached hydrogens (tertiary/aromatic N) is 2. The predicted molar refractivity (Wildman–Crippen MR) is 80.2 cm³/mol. The van der Waals surface area contributed by atoms with Crippen molar-refractivity contribution in [3.8, 4) is 0 Å². The molecule has 0 spiro atoms. The number of hydrogen-bond donors (Lipinski definition) is 0. The second-order valence-corrected chi connectivity index (χ2v) is 5.76. The quantitative estimate of drug-likeness (QED) is 0.851. The number of carbonyl (C=O) groups excluding carboxylic acids is 2. The Labute approximate surface area is 132 Å². The molecule has 120 valence electrons. The van der Waals surface area contributed by atoms with E-state index in [0.29, 0.717) is 23.7 Å². The van der Waals surface area contributed by atoms with Crippen LogP contribution in [0.15, 0.2) is 24.3 Å². The van der Waals surface area contributed by atoms with Crippen molar-refractivity contribution in [2.24, 2.45) is 5.92 Å². The van der Waals surface area contributed by atoms with E-state index in [1.54, 1.807) is 30.1 Å². The number of anilines is 1. The normalized spacial score (nSPS) is 18.7. The number of piperidine rings is 1. The highest BCUT2D eigenvalue weighted by atomic mass is 35.5. The Morgan fingerprint density at radius 3 is 2.82 bits per heavy atom. The van der Waals surface area contributed by atoms with Crippen molar-refractivity contribution in [3.05, 3.63) is 29.3 Å². The zero-order valence-electron chi connectivity index (χ0n) is 12.1. The number of carbonyl (C=O) groups is 2. The van der Waals surface area contributed by atoms with E-state index in [4.69, 9.17) is 11.6 Å². The minimum absolute atomic E-state index is 0.0512. The molecule has 1 aromatic carbocycles. The molecule has 1 aliphatic heterocycles. The van der Waals surface area contributed by atoms with Gasteiger partial charge in [0.2, 0.25) is 11.8 Å². The highest BCUT2D eigenvalue weighted by Gasteiger charge is 2.33. The van der Waals surface area contributed by atoms with E-state index in [1.165, 1.54) is 6.07 Å². The Bertz CT molecular complexity index is 568. The number of alkyl halides is 2. The lowest BCUT2D eigenvalue weighted by molar-refractivity contribution is -0.138. The highest BCUT2D eigenvalue weighted by Crippen LogP contribution is 2.26. The van der Waals surface area contributed by atoms with Gasteiger partial charge in [-0.15, -0.1) is 0 Å². The Balaban J connectivity index is 2.21. The van der Waals surface area contributed by atoms with Crippen LogP contribution < -0.4 is 4.90 Å². The number of rotatable bonds is 4. The molecule has 1 heterocycles. The van der Waals surface area contributed by atoms with Crippen molar-refractivity contribution >= 4 is 29.1 Å². The fourth-order valence-electron chi connectivity index (χ4n) is 2.48. The van der Waals surface area contributed by atoms with Crippen LogP contribution in [0, 0.1) is 5.92 Å². The maximum absolute atomic E-state index is 12.8. The molecule has 0 saturated carbocycles. The lowest BCUT2D eigenvalue weighted by Gasteiger charge is -2.32. The van der Waals surface area contributed by atoms with Gasteiger partial charge in [0.1, 0.15) is 0 Å². The Morgan fingerprint density at radius 2 is 2.23 bits per heavy atom. The fourth-order valence-corrected chi connectivity index (χ4v) is 2.66. The summed E-state index contributed by atoms with van der Waals surface area (Å²) >= 11 is 5.87. The molecule has 2 amide bonds. The topological polar surface area (TPSA) is 40.6 Å². The van der Waals surface area contributed by atoms with Crippen molar-refractivity contribution in [3.63, 3.8) is 0 Å². The fraction of sp³-hybridized carbons (Fsp3) is 0.467. The van der Waals surface area contributed by atoms with Crippen LogP contribution in [-0.2, 0) is 9.59 Å². The van der Waals surface area contributed by atoms with Gasteiger partial charge in [-0.2, -0.15) is 0 Å². The van der Waals surface area contributed by atoms with Crippen molar-refractivity contribution < 1.29 is 18.4 Å². The first-order valence-corrected chi connectivity index (χ1v) is 7.35. The van der Waals surface area contributed by atoms with Gasteiger partial charge in [0, 0.05) is 36.6 Å². The second-order valence-electron chi connectivity index (χ2n) is 5.32. The molecular weight excluding hydrogens is 314 g/mol. The average molecular weight is 331 g/mol. The van der Waals surface area contributed by atoms with E-state index >= 15 is 0 Å². The molecule has 22 heavy (non-hydrogen) atoms. The van der Waals surface area contributed by atoms with E-state index in [0.717, 1.165) is 4.90 Å². The Kier molecular flexibility index (Phi) is 5.34. The minimum atomic E-state index is -2.66. The molecule has 0 aromatic heterocycles. The van der Waals surface area contributed by atoms with Crippen LogP contribution in [0.3, 0.4) is 0 Å². The molecule has 1 aliphatic rings. The zero-order valence-corrected chi connectivity index (χ0v) is 12.9. The highest BCUT2D eigenvalue weighted by molar-refractivity contribution is 6.30. The predicted octanol–water partition coefficient (Wildman–Crippen LogP) is 2.81. The smallest absolute Gasteiger partial charge is 0.256 e. The Morgan fingerprint density at radius 1 is 1.50 bits per heavy atom. The summed E-state index contributed by atoms with van der Waals surface area (Å²) < 4.78 is 25.7. The van der Waals surface area contributed by atoms with Crippen LogP contribution in [0.5, 0.6) is 0 Å². The molecule has 0 radical (unpaired) electrons. The van der Waals surface area contributed by atoms with Crippen LogP contribution in [0.4, 0.5) is 14.5 Å². The number of hydrogen-bond acceptors (Lipinski definition) is 2. The van der Waals surface area contributed by atoms with Crippen molar-refractivity contribution in [1.82, 2.24) is 4.90 Å². The molecule has 0 N–H and O–H groups in total. The van der Waals surface area contributed by atoms with Gasteiger partial charge in [0.05, 0.1) is 6.54 Å². The number of likely N-dealkylation sites (tertiary alicyclic amines) is 1. The van der Waals surface area contributed by atoms with Crippen LogP contribution in [-0.4, -0.2) is 43.3 Å². The summed E-state index contributed by atoms with van der Waals surface area (Å²) in [6, 6.07) is 6.24. The average Bonchev–Trinajstić information content (AvgIpc) is 2.47. The van der Waals surface area contributed by atoms with Crippen LogP contribution in [0.1, 0.15) is 12.8 Å². The van der Waals surface area contributed by atoms with E-state index < -0.39 is 24.8 Å². The number of amides is 2. The first-order chi connectivity index (χ1) is 10.4. The molecule has 1 atom stereocenters. The summed E-state index contributed by atoms with van der Waals surface area (Å²) in [5.41, 5.74) is 0.323. The van der Waals surface area contributed by atoms with E-state index in [9.17, 15) is 18.4 Å². The minimum Gasteiger partial charge on any atom is -0.346 e. The molecule has 0 unspecified atom stereocenters. The van der Waals surface area contributed by atoms with Gasteiger partial charge in [-0.3, -0.25) is 9.59 Å². The summed E-state index contributed by atoms with van der Waals surface area (Å²) in [5, 5.41) is 0.365. The summed E-state index contributed by atoms with van der Waals surface area (Å²) in [5.74, 6) is -1.17. The SMILES string of the molecule is CN1CC[C@@H](C(=O)N(CC(F)F)c2cccc(Cl)c2)CC1=O. The van der Waals surface area contributed by atoms with E-state index in [1.807, 2.05) is 0 Å². The summed E-state index contributed by atoms with van der Waals surface area (Å²) in [6.07, 6.45) is -2.14. The largest absolute Gasteiger partial charge is 0.346 e. The molecule has 0 bridgehead atoms. The van der Waals surface area contributed by atoms with Gasteiger partial charge in [0.25, 0.3) is 6.43 Å². The van der Waals surface area contributed by atoms with Gasteiger partial charge >= 0.3 is 0 Å². The van der Waals surface area contributed by atoms with Crippen molar-refractivity contribution in [1.29, 1.82) is 0 Å². The maximum Gasteiger partial charge on any atom is 0.256 e. The molecule has 1 saturated heterocycles. The second kappa shape index (κ2) is 7.05. The standard InChI is InChI=1S/C15H17ClF2N2O2/c1-19-6-5-10(7-14(19)21)15(22)20(9-13(17)18)12-4-2-3-11(16)8-12/h2-4,8,10,13H,5-7,9H2,1H3/t10-/m1/s1. The van der Waals surface area contributed by atoms with E-state index in [2.05, 4.69) is 0 Å². The first-order valence-electron chi connectivity index (χ1n) is 6.97. The van der Waals surface area contributed by atoms with Gasteiger partial charge in [-0.05, 0) is 24.6 Å². The van der Waals surface area contributed by atoms with E-state index in [-0.39, 0.29) is 12.3 Å². The van der Waals surface area contributed by atoms with Crippen molar-refractivity contribution in [2.75, 3.05) is 25.0 Å². The zero-order chi connectivity index (χ0) is 16.3. The van der Waals surface area contributed by atoms with Crippen LogP contribution >= 0.6 is 11.6 Å². The van der Waals surface area contributed by atoms with Gasteiger partial charge in [-0.25, -0.2) is 8.78 Å². The first kappa shape index (κ1) is 16.7. The lowest BCUT2D eigenvalue weighted by Crippen LogP contribution is -2.45. The van der Waals surface area contributed by atoms with Crippen molar-refractivity contribution in [2.45, 2.75) is 19.3 Å². The molecular formula is C15H17ClF2N2O2. The molecule has 0 aliphatic carbocycles. The third kappa shape index (κ3) is 3.94. The van der Waals surface area contributed by atoms with Crippen LogP contribution in [0.25, 0.3) is 0 Å². The van der Waals surface area contributed by atoms with Gasteiger partial charge in [-0.1, -0.05) is 17.7 Å². The Hall–Kier alpha value is -1.69. The molecule has 4 nitrogen and oxygen atoms in total. The molecule has 1 aromatic rings. The number of halogens is 3. The van der Waals surface area contributed by atoms with Gasteiger partial charge in [0.15, 0.2) is 0 Å². The summed E-state index contributed by atoms with van der Waals surface area (Å²) in [6.45, 7) is -0.257. The maximum atomic E-state index is 12.8. The van der Waals surface area contributed by atoms with Crippen LogP contribution in [0.2, 0.25) is 5.02 Å². The molecule has 7 heteroatoms. The third-order valence-corrected chi connectivity index (χ3v) is 3.95. The number of benzene rings is 1.